The highest BCUT2D eigenvalue weighted by Crippen LogP contribution is 2.42. The second-order valence-electron chi connectivity index (χ2n) is 3.79. The van der Waals surface area contributed by atoms with Crippen LogP contribution >= 0.6 is 0 Å². The molecule has 2 aromatic rings. The summed E-state index contributed by atoms with van der Waals surface area (Å²) in [4.78, 5) is 0. The van der Waals surface area contributed by atoms with Gasteiger partial charge in [0.05, 0.1) is 12.6 Å². The summed E-state index contributed by atoms with van der Waals surface area (Å²) in [5.74, 6) is 1.60. The molecule has 0 spiro atoms. The van der Waals surface area contributed by atoms with Crippen molar-refractivity contribution in [3.05, 3.63) is 23.9 Å². The molecule has 74 valence electrons. The van der Waals surface area contributed by atoms with Crippen LogP contribution in [0.4, 0.5) is 0 Å². The van der Waals surface area contributed by atoms with Gasteiger partial charge in [-0.2, -0.15) is 5.10 Å². The molecule has 0 aliphatic heterocycles. The average Bonchev–Trinajstić information content (AvgIpc) is 2.98. The van der Waals surface area contributed by atoms with Crippen LogP contribution in [-0.2, 0) is 0 Å². The maximum Gasteiger partial charge on any atom is 0.119 e. The highest BCUT2D eigenvalue weighted by atomic mass is 16.5. The van der Waals surface area contributed by atoms with Crippen molar-refractivity contribution < 1.29 is 6.16 Å². The summed E-state index contributed by atoms with van der Waals surface area (Å²) in [5, 5.41) is 8.61. The SMILES string of the molecule is COc1ccc2n[nH]c(C3CC3)c2c1.[HH]. The molecule has 0 amide bonds. The maximum atomic E-state index is 5.21. The molecule has 1 N–H and O–H groups in total. The largest absolute Gasteiger partial charge is 0.497 e. The third-order valence-electron chi connectivity index (χ3n) is 2.78. The van der Waals surface area contributed by atoms with Crippen LogP contribution in [0.2, 0.25) is 0 Å². The summed E-state index contributed by atoms with van der Waals surface area (Å²) < 4.78 is 5.21. The Kier molecular flexibility index (Phi) is 1.54. The number of aromatic amines is 1. The molecule has 1 aromatic carbocycles. The maximum absolute atomic E-state index is 5.21. The molecule has 0 radical (unpaired) electrons. The lowest BCUT2D eigenvalue weighted by Crippen LogP contribution is -1.83. The third-order valence-corrected chi connectivity index (χ3v) is 2.78. The fourth-order valence-corrected chi connectivity index (χ4v) is 1.82. The van der Waals surface area contributed by atoms with Crippen LogP contribution in [0.25, 0.3) is 10.9 Å². The number of rotatable bonds is 2. The molecule has 3 nitrogen and oxygen atoms in total. The first kappa shape index (κ1) is 7.85. The molecule has 1 aliphatic carbocycles. The van der Waals surface area contributed by atoms with Crippen molar-refractivity contribution in [1.29, 1.82) is 0 Å². The minimum Gasteiger partial charge on any atom is -0.497 e. The molecule has 1 aromatic heterocycles. The van der Waals surface area contributed by atoms with Crippen molar-refractivity contribution in [2.24, 2.45) is 0 Å². The van der Waals surface area contributed by atoms with E-state index in [4.69, 9.17) is 4.74 Å². The van der Waals surface area contributed by atoms with Crippen molar-refractivity contribution in [3.8, 4) is 5.75 Å². The van der Waals surface area contributed by atoms with Crippen LogP contribution in [0.3, 0.4) is 0 Å². The Morgan fingerprint density at radius 2 is 2.36 bits per heavy atom. The number of H-pyrrole nitrogens is 1. The van der Waals surface area contributed by atoms with Crippen LogP contribution in [0.15, 0.2) is 18.2 Å². The van der Waals surface area contributed by atoms with E-state index >= 15 is 0 Å². The molecular formula is C11H14N2O. The van der Waals surface area contributed by atoms with E-state index in [1.165, 1.54) is 23.9 Å². The molecule has 1 heterocycles. The molecule has 1 fully saturated rings. The van der Waals surface area contributed by atoms with Gasteiger partial charge in [0.25, 0.3) is 0 Å². The van der Waals surface area contributed by atoms with Gasteiger partial charge in [-0.05, 0) is 31.0 Å². The fourth-order valence-electron chi connectivity index (χ4n) is 1.82. The zero-order chi connectivity index (χ0) is 9.54. The molecule has 1 aliphatic rings. The molecular weight excluding hydrogens is 176 g/mol. The standard InChI is InChI=1S/C11H12N2O.H2/c1-14-8-4-5-10-9(6-8)11(13-12-10)7-2-3-7;/h4-7H,2-3H2,1H3,(H,12,13);1H. The van der Waals surface area contributed by atoms with E-state index in [9.17, 15) is 0 Å². The van der Waals surface area contributed by atoms with Gasteiger partial charge >= 0.3 is 0 Å². The Hall–Kier alpha value is -1.51. The van der Waals surface area contributed by atoms with Crippen LogP contribution in [0.1, 0.15) is 25.9 Å². The number of benzene rings is 1. The molecule has 0 unspecified atom stereocenters. The van der Waals surface area contributed by atoms with E-state index in [2.05, 4.69) is 16.3 Å². The highest BCUT2D eigenvalue weighted by Gasteiger charge is 2.27. The van der Waals surface area contributed by atoms with E-state index in [-0.39, 0.29) is 1.43 Å². The van der Waals surface area contributed by atoms with Crippen molar-refractivity contribution in [3.63, 3.8) is 0 Å². The van der Waals surface area contributed by atoms with E-state index in [0.29, 0.717) is 5.92 Å². The molecule has 0 saturated heterocycles. The Morgan fingerprint density at radius 1 is 1.50 bits per heavy atom. The lowest BCUT2D eigenvalue weighted by molar-refractivity contribution is 0.415. The Labute approximate surface area is 83.6 Å². The van der Waals surface area contributed by atoms with Gasteiger partial charge in [0.1, 0.15) is 5.75 Å². The van der Waals surface area contributed by atoms with Crippen LogP contribution in [-0.4, -0.2) is 17.3 Å². The average molecular weight is 190 g/mol. The lowest BCUT2D eigenvalue weighted by atomic mass is 10.1. The minimum absolute atomic E-state index is 0. The smallest absolute Gasteiger partial charge is 0.119 e. The molecule has 14 heavy (non-hydrogen) atoms. The zero-order valence-electron chi connectivity index (χ0n) is 8.08. The van der Waals surface area contributed by atoms with Crippen LogP contribution in [0.5, 0.6) is 5.75 Å². The van der Waals surface area contributed by atoms with Crippen LogP contribution in [0, 0.1) is 0 Å². The number of ether oxygens (including phenoxy) is 1. The third kappa shape index (κ3) is 1.09. The summed E-state index contributed by atoms with van der Waals surface area (Å²) in [6.07, 6.45) is 2.57. The quantitative estimate of drug-likeness (QED) is 0.790. The van der Waals surface area contributed by atoms with E-state index in [0.717, 1.165) is 11.3 Å². The first-order chi connectivity index (χ1) is 6.88. The van der Waals surface area contributed by atoms with E-state index < -0.39 is 0 Å². The molecule has 3 rings (SSSR count). The van der Waals surface area contributed by atoms with Gasteiger partial charge in [0, 0.05) is 18.4 Å². The van der Waals surface area contributed by atoms with E-state index in [1.807, 2.05) is 12.1 Å². The predicted molar refractivity (Wildman–Crippen MR) is 56.7 cm³/mol. The van der Waals surface area contributed by atoms with Crippen molar-refractivity contribution in [2.75, 3.05) is 7.11 Å². The molecule has 3 heteroatoms. The molecule has 1 saturated carbocycles. The summed E-state index contributed by atoms with van der Waals surface area (Å²) >= 11 is 0. The summed E-state index contributed by atoms with van der Waals surface area (Å²) in [7, 11) is 1.69. The zero-order valence-corrected chi connectivity index (χ0v) is 8.08. The predicted octanol–water partition coefficient (Wildman–Crippen LogP) is 2.69. The number of hydrogen-bond donors (Lipinski definition) is 1. The summed E-state index contributed by atoms with van der Waals surface area (Å²) in [6, 6.07) is 6.00. The number of nitrogens with zero attached hydrogens (tertiary/aromatic N) is 1. The fraction of sp³-hybridized carbons (Fsp3) is 0.364. The number of aromatic nitrogens is 2. The first-order valence-corrected chi connectivity index (χ1v) is 4.90. The minimum atomic E-state index is 0. The van der Waals surface area contributed by atoms with Gasteiger partial charge in [0.15, 0.2) is 0 Å². The van der Waals surface area contributed by atoms with Gasteiger partial charge in [-0.3, -0.25) is 5.10 Å². The number of methoxy groups -OCH3 is 1. The Morgan fingerprint density at radius 3 is 3.07 bits per heavy atom. The van der Waals surface area contributed by atoms with Gasteiger partial charge in [-0.15, -0.1) is 0 Å². The Bertz CT molecular complexity index is 476. The normalized spacial score (nSPS) is 16.1. The second kappa shape index (κ2) is 2.74. The van der Waals surface area contributed by atoms with Gasteiger partial charge in [-0.25, -0.2) is 0 Å². The topological polar surface area (TPSA) is 37.9 Å². The summed E-state index contributed by atoms with van der Waals surface area (Å²) in [6.45, 7) is 0. The van der Waals surface area contributed by atoms with Crippen molar-refractivity contribution in [1.82, 2.24) is 10.2 Å². The van der Waals surface area contributed by atoms with Crippen LogP contribution < -0.4 is 4.74 Å². The number of nitrogens with one attached hydrogen (secondary N) is 1. The molecule has 0 atom stereocenters. The first-order valence-electron chi connectivity index (χ1n) is 4.90. The van der Waals surface area contributed by atoms with Gasteiger partial charge in [-0.1, -0.05) is 0 Å². The van der Waals surface area contributed by atoms with Crippen molar-refractivity contribution >= 4 is 10.9 Å². The lowest BCUT2D eigenvalue weighted by Gasteiger charge is -1.99. The summed E-state index contributed by atoms with van der Waals surface area (Å²) in [5.41, 5.74) is 2.31. The van der Waals surface area contributed by atoms with Crippen molar-refractivity contribution in [2.45, 2.75) is 18.8 Å². The number of hydrogen-bond acceptors (Lipinski definition) is 2. The highest BCUT2D eigenvalue weighted by molar-refractivity contribution is 5.83. The van der Waals surface area contributed by atoms with E-state index in [1.54, 1.807) is 7.11 Å². The van der Waals surface area contributed by atoms with Gasteiger partial charge in [0.2, 0.25) is 0 Å². The van der Waals surface area contributed by atoms with Gasteiger partial charge < -0.3 is 4.74 Å². The monoisotopic (exact) mass is 190 g/mol. The Balaban J connectivity index is 0.000000853. The second-order valence-corrected chi connectivity index (χ2v) is 3.79. The number of fused-ring (bicyclic) bond motifs is 1. The molecule has 0 bridgehead atoms.